The predicted octanol–water partition coefficient (Wildman–Crippen LogP) is 15.1. The van der Waals surface area contributed by atoms with Gasteiger partial charge in [0.1, 0.15) is 17.5 Å². The van der Waals surface area contributed by atoms with Gasteiger partial charge in [0, 0.05) is 85.7 Å². The summed E-state index contributed by atoms with van der Waals surface area (Å²) in [5, 5.41) is 3.56. The third-order valence-electron chi connectivity index (χ3n) is 23.5. The van der Waals surface area contributed by atoms with Gasteiger partial charge in [-0.2, -0.15) is 0 Å². The van der Waals surface area contributed by atoms with Crippen LogP contribution in [0.3, 0.4) is 0 Å². The van der Waals surface area contributed by atoms with Crippen LogP contribution in [0.5, 0.6) is 0 Å². The quantitative estimate of drug-likeness (QED) is 0.0308. The molecule has 0 aliphatic carbocycles. The highest BCUT2D eigenvalue weighted by Gasteiger charge is 2.46. The maximum atomic E-state index is 14.7. The maximum Gasteiger partial charge on any atom is 0.261 e. The highest BCUT2D eigenvalue weighted by molar-refractivity contribution is 7.84. The topological polar surface area (TPSA) is 177 Å². The number of amides is 4. The number of hydrogen-bond acceptors (Lipinski definition) is 10. The fraction of sp³-hybridized carbons (Fsp3) is 0.459. The monoisotopic (exact) mass is 1560 g/mol. The Kier molecular flexibility index (Phi) is 24.5. The molecule has 8 aliphatic rings. The molecule has 25 heteroatoms. The molecule has 7 aromatic rings. The number of imide groups is 2. The number of carbonyl (C=O) groups is 4. The van der Waals surface area contributed by atoms with Crippen molar-refractivity contribution in [2.45, 2.75) is 228 Å². The summed E-state index contributed by atoms with van der Waals surface area (Å²) in [5.41, 5.74) is 12.5. The molecular weight excluding hydrogens is 1460 g/mol. The molecule has 6 bridgehead atoms. The van der Waals surface area contributed by atoms with Crippen molar-refractivity contribution in [1.29, 1.82) is 0 Å². The van der Waals surface area contributed by atoms with Crippen LogP contribution < -0.4 is 20.5 Å². The van der Waals surface area contributed by atoms with Gasteiger partial charge in [0.25, 0.3) is 23.6 Å². The van der Waals surface area contributed by atoms with Gasteiger partial charge in [-0.25, -0.2) is 57.4 Å². The number of nitrogens with zero attached hydrogens (tertiary/aromatic N) is 4. The van der Waals surface area contributed by atoms with E-state index in [2.05, 4.69) is 48.8 Å². The van der Waals surface area contributed by atoms with E-state index in [1.54, 1.807) is 48.5 Å². The molecule has 15 rings (SSSR count). The third-order valence-corrected chi connectivity index (χ3v) is 26.7. The summed E-state index contributed by atoms with van der Waals surface area (Å²) < 4.78 is 156. The Morgan fingerprint density at radius 3 is 1.03 bits per heavy atom. The molecule has 0 saturated carbocycles. The molecule has 7 aromatic carbocycles. The summed E-state index contributed by atoms with van der Waals surface area (Å²) in [6.07, 6.45) is 12.0. The minimum atomic E-state index is -1.43. The molecule has 3 unspecified atom stereocenters. The normalized spacial score (nSPS) is 24.3. The first-order chi connectivity index (χ1) is 52.3. The lowest BCUT2D eigenvalue weighted by atomic mass is 9.82. The summed E-state index contributed by atoms with van der Waals surface area (Å²) >= 11 is 0. The summed E-state index contributed by atoms with van der Waals surface area (Å²) in [7, 11) is -2.75. The van der Waals surface area contributed by atoms with Gasteiger partial charge in [-0.3, -0.25) is 38.8 Å². The second-order valence-corrected chi connectivity index (χ2v) is 37.1. The number of rotatable bonds is 21. The van der Waals surface area contributed by atoms with Crippen LogP contribution >= 0.6 is 0 Å². The molecule has 4 amide bonds. The van der Waals surface area contributed by atoms with Crippen molar-refractivity contribution in [2.24, 2.45) is 23.5 Å². The van der Waals surface area contributed by atoms with Crippen molar-refractivity contribution in [3.05, 3.63) is 247 Å². The third kappa shape index (κ3) is 18.2. The zero-order valence-corrected chi connectivity index (χ0v) is 64.2. The Hall–Kier alpha value is -7.75. The van der Waals surface area contributed by atoms with Crippen LogP contribution in [-0.2, 0) is 67.4 Å². The zero-order chi connectivity index (χ0) is 78.4. The standard InChI is InChI=1S/C35H38F3N3O3S.C31H30F3N3O2.C19H27F3N2OS/c1-35(2,3)45(44)39-32(17-23-16-30(37)31(38)18-29(23)36)24-14-25-11-12-26(15-24)40(25)19-21-7-6-8-22(13-21)20-41-33(42)27-9-4-5-10-28(27)34(41)43;32-26-15-28(34)27(33)13-20(26)14-29(35)21-11-22-8-9-23(12-21)36(22)16-18-4-3-5-19(10-18)17-37-30(38)24-6-1-2-7-25(24)31(37)39;1-19(2,3)26(25)24-18(12-6-13-4-5-14(7-12)23-13)9-11-8-16(21)17(22)10-15(11)20/h4-10,13,16,18,24-26,32,39H,11-12,14-15,17,19-20H2,1-3H3;1-7,10,13,15,21-23,29H,8-9,11-12,14,16-17,35H2;8,10,12-14,18,23-24H,4-7,9H2,1-3H3/t24?,25-,26+,32-,45+;21?,22-,23+,29-;12?,13-,14+,18-,26+/m111/s1. The number of benzene rings is 7. The van der Waals surface area contributed by atoms with Crippen molar-refractivity contribution in [1.82, 2.24) is 34.4 Å². The highest BCUT2D eigenvalue weighted by atomic mass is 32.2. The summed E-state index contributed by atoms with van der Waals surface area (Å²) in [6, 6.07) is 35.4. The van der Waals surface area contributed by atoms with E-state index in [1.165, 1.54) is 9.80 Å². The van der Waals surface area contributed by atoms with Crippen molar-refractivity contribution in [3.8, 4) is 0 Å². The molecule has 6 saturated heterocycles. The summed E-state index contributed by atoms with van der Waals surface area (Å²) in [4.78, 5) is 59.0. The van der Waals surface area contributed by atoms with Gasteiger partial charge >= 0.3 is 0 Å². The van der Waals surface area contributed by atoms with E-state index < -0.39 is 83.8 Å². The molecule has 14 nitrogen and oxygen atoms in total. The van der Waals surface area contributed by atoms with E-state index in [0.29, 0.717) is 71.2 Å². The second-order valence-electron chi connectivity index (χ2n) is 33.1. The SMILES string of the molecule is CC(C)(C)[S@](=O)N[C@H](Cc1cc(F)c(F)cc1F)C1C[C@H]2CC[C@@H](C1)N2.CC(C)(C)[S@](=O)N[C@H](Cc1cc(F)c(F)cc1F)C1C[C@H]2CC[C@@H](C1)N2Cc1cccc(CN2C(=O)c3ccccc3C2=O)c1.N[C@H](Cc1cc(F)c(F)cc1F)C1C[C@H]2CC[C@@H](C1)N2Cc1cccc(CN2C(=O)c3ccccc3C2=O)c1. The Bertz CT molecular complexity index is 4570. The first-order valence-corrected chi connectivity index (χ1v) is 40.5. The number of piperidine rings is 3. The molecule has 586 valence electrons. The van der Waals surface area contributed by atoms with E-state index in [-0.39, 0.29) is 121 Å². The molecule has 14 atom stereocenters. The van der Waals surface area contributed by atoms with Crippen molar-refractivity contribution in [3.63, 3.8) is 0 Å². The van der Waals surface area contributed by atoms with E-state index in [0.717, 1.165) is 124 Å². The number of nitrogens with one attached hydrogen (secondary N) is 3. The van der Waals surface area contributed by atoms with Gasteiger partial charge in [-0.05, 0) is 237 Å². The minimum Gasteiger partial charge on any atom is -0.327 e. The Balaban J connectivity index is 0.000000150. The van der Waals surface area contributed by atoms with Gasteiger partial charge in [0.05, 0.1) is 66.8 Å². The summed E-state index contributed by atoms with van der Waals surface area (Å²) in [5.74, 6) is -9.75. The average Bonchev–Trinajstić information content (AvgIpc) is 1.68. The van der Waals surface area contributed by atoms with Crippen molar-refractivity contribution in [2.75, 3.05) is 0 Å². The average molecular weight is 1560 g/mol. The largest absolute Gasteiger partial charge is 0.327 e. The Morgan fingerprint density at radius 1 is 0.391 bits per heavy atom. The number of nitrogens with two attached hydrogens (primary N) is 1. The summed E-state index contributed by atoms with van der Waals surface area (Å²) in [6.45, 7) is 13.1. The molecular formula is C85H95F9N8O6S2. The van der Waals surface area contributed by atoms with Crippen LogP contribution in [0.25, 0.3) is 0 Å². The molecule has 5 N–H and O–H groups in total. The van der Waals surface area contributed by atoms with E-state index in [1.807, 2.05) is 65.8 Å². The molecule has 0 spiro atoms. The molecule has 0 aromatic heterocycles. The van der Waals surface area contributed by atoms with Gasteiger partial charge in [0.2, 0.25) is 0 Å². The molecule has 8 heterocycles. The fourth-order valence-corrected chi connectivity index (χ4v) is 19.6. The minimum absolute atomic E-state index is 0.0673. The van der Waals surface area contributed by atoms with E-state index in [9.17, 15) is 67.1 Å². The first kappa shape index (κ1) is 80.3. The van der Waals surface area contributed by atoms with Gasteiger partial charge < -0.3 is 11.1 Å². The lowest BCUT2D eigenvalue weighted by Gasteiger charge is -2.42. The van der Waals surface area contributed by atoms with Crippen LogP contribution in [0, 0.1) is 70.1 Å². The van der Waals surface area contributed by atoms with Crippen molar-refractivity contribution < 1.29 is 67.1 Å². The van der Waals surface area contributed by atoms with Crippen LogP contribution in [0.2, 0.25) is 0 Å². The van der Waals surface area contributed by atoms with Crippen LogP contribution in [0.15, 0.2) is 133 Å². The Labute approximate surface area is 642 Å². The fourth-order valence-electron chi connectivity index (χ4n) is 17.8. The Morgan fingerprint density at radius 2 is 0.691 bits per heavy atom. The smallest absolute Gasteiger partial charge is 0.261 e. The molecule has 110 heavy (non-hydrogen) atoms. The number of hydrogen-bond donors (Lipinski definition) is 4. The number of halogens is 9. The van der Waals surface area contributed by atoms with Gasteiger partial charge in [0.15, 0.2) is 34.9 Å². The lowest BCUT2D eigenvalue weighted by molar-refractivity contribution is 0.0627. The lowest BCUT2D eigenvalue weighted by Crippen LogP contribution is -2.51. The predicted molar refractivity (Wildman–Crippen MR) is 405 cm³/mol. The zero-order valence-electron chi connectivity index (χ0n) is 62.6. The second kappa shape index (κ2) is 33.5. The van der Waals surface area contributed by atoms with Crippen LogP contribution in [0.1, 0.15) is 199 Å². The number of fused-ring (bicyclic) bond motifs is 8. The van der Waals surface area contributed by atoms with Crippen LogP contribution in [-0.4, -0.2) is 116 Å². The van der Waals surface area contributed by atoms with Crippen LogP contribution in [0.4, 0.5) is 39.5 Å². The molecule has 6 fully saturated rings. The molecule has 8 aliphatic heterocycles. The first-order valence-electron chi connectivity index (χ1n) is 38.2. The maximum absolute atomic E-state index is 14.7. The highest BCUT2D eigenvalue weighted by Crippen LogP contribution is 2.44. The van der Waals surface area contributed by atoms with Gasteiger partial charge in [-0.15, -0.1) is 0 Å². The van der Waals surface area contributed by atoms with E-state index >= 15 is 0 Å². The molecule has 0 radical (unpaired) electrons. The van der Waals surface area contributed by atoms with Crippen molar-refractivity contribution >= 4 is 45.6 Å². The van der Waals surface area contributed by atoms with Gasteiger partial charge in [-0.1, -0.05) is 72.8 Å². The number of carbonyl (C=O) groups excluding carboxylic acids is 4. The van der Waals surface area contributed by atoms with E-state index in [4.69, 9.17) is 5.73 Å².